The van der Waals surface area contributed by atoms with E-state index in [2.05, 4.69) is 21.2 Å². The molecule has 1 aliphatic rings. The summed E-state index contributed by atoms with van der Waals surface area (Å²) in [5, 5.41) is 3.74. The van der Waals surface area contributed by atoms with Crippen molar-refractivity contribution in [3.05, 3.63) is 16.5 Å². The van der Waals surface area contributed by atoms with Crippen molar-refractivity contribution in [1.29, 1.82) is 0 Å². The molecule has 0 atom stereocenters. The van der Waals surface area contributed by atoms with E-state index in [1.165, 1.54) is 12.8 Å². The molecule has 1 aliphatic carbocycles. The van der Waals surface area contributed by atoms with Gasteiger partial charge in [0.05, 0.1) is 0 Å². The van der Waals surface area contributed by atoms with Gasteiger partial charge in [-0.25, -0.2) is 9.97 Å². The fourth-order valence-corrected chi connectivity index (χ4v) is 1.63. The molecule has 0 aromatic carbocycles. The van der Waals surface area contributed by atoms with Crippen molar-refractivity contribution in [3.8, 4) is 12.3 Å². The van der Waals surface area contributed by atoms with E-state index in [9.17, 15) is 0 Å². The SMILES string of the molecule is C#CCCNc1nc(C2CC2)nc(Cl)c1C. The highest BCUT2D eigenvalue weighted by Crippen LogP contribution is 2.39. The highest BCUT2D eigenvalue weighted by Gasteiger charge is 2.27. The van der Waals surface area contributed by atoms with Gasteiger partial charge in [0.25, 0.3) is 0 Å². The van der Waals surface area contributed by atoms with Crippen molar-refractivity contribution in [2.24, 2.45) is 0 Å². The molecule has 0 radical (unpaired) electrons. The maximum atomic E-state index is 6.07. The van der Waals surface area contributed by atoms with Crippen molar-refractivity contribution in [2.45, 2.75) is 32.1 Å². The Labute approximate surface area is 101 Å². The molecular weight excluding hydrogens is 222 g/mol. The molecule has 4 heteroatoms. The Hall–Kier alpha value is -1.27. The number of terminal acetylenes is 1. The van der Waals surface area contributed by atoms with Crippen LogP contribution in [-0.2, 0) is 0 Å². The first-order chi connectivity index (χ1) is 7.72. The summed E-state index contributed by atoms with van der Waals surface area (Å²) in [6, 6.07) is 0. The summed E-state index contributed by atoms with van der Waals surface area (Å²) in [7, 11) is 0. The van der Waals surface area contributed by atoms with E-state index < -0.39 is 0 Å². The minimum absolute atomic E-state index is 0.506. The van der Waals surface area contributed by atoms with Crippen LogP contribution in [-0.4, -0.2) is 16.5 Å². The van der Waals surface area contributed by atoms with Crippen LogP contribution in [0.25, 0.3) is 0 Å². The molecule has 1 fully saturated rings. The molecule has 1 heterocycles. The van der Waals surface area contributed by atoms with E-state index in [0.29, 0.717) is 17.5 Å². The Morgan fingerprint density at radius 3 is 2.88 bits per heavy atom. The minimum Gasteiger partial charge on any atom is -0.369 e. The number of rotatable bonds is 4. The normalized spacial score (nSPS) is 14.6. The Morgan fingerprint density at radius 2 is 2.25 bits per heavy atom. The second-order valence-corrected chi connectivity index (χ2v) is 4.36. The van der Waals surface area contributed by atoms with E-state index in [-0.39, 0.29) is 0 Å². The summed E-state index contributed by atoms with van der Waals surface area (Å²) < 4.78 is 0. The Balaban J connectivity index is 2.18. The third-order valence-electron chi connectivity index (χ3n) is 2.61. The van der Waals surface area contributed by atoms with E-state index >= 15 is 0 Å². The highest BCUT2D eigenvalue weighted by atomic mass is 35.5. The highest BCUT2D eigenvalue weighted by molar-refractivity contribution is 6.30. The predicted octanol–water partition coefficient (Wildman–Crippen LogP) is 2.75. The van der Waals surface area contributed by atoms with Crippen LogP contribution in [0.2, 0.25) is 5.15 Å². The van der Waals surface area contributed by atoms with Crippen molar-refractivity contribution in [2.75, 3.05) is 11.9 Å². The average molecular weight is 236 g/mol. The summed E-state index contributed by atoms with van der Waals surface area (Å²) >= 11 is 6.07. The maximum Gasteiger partial charge on any atom is 0.137 e. The topological polar surface area (TPSA) is 37.8 Å². The van der Waals surface area contributed by atoms with Gasteiger partial charge in [-0.3, -0.25) is 0 Å². The fourth-order valence-electron chi connectivity index (χ4n) is 1.45. The standard InChI is InChI=1S/C12H14ClN3/c1-3-4-7-14-11-8(2)10(13)15-12(16-11)9-5-6-9/h1,9H,4-7H2,2H3,(H,14,15,16). The van der Waals surface area contributed by atoms with Gasteiger partial charge in [0, 0.05) is 24.4 Å². The lowest BCUT2D eigenvalue weighted by Gasteiger charge is -2.10. The molecule has 0 amide bonds. The summed E-state index contributed by atoms with van der Waals surface area (Å²) in [5.41, 5.74) is 0.892. The Bertz CT molecular complexity index is 433. The Kier molecular flexibility index (Phi) is 3.31. The summed E-state index contributed by atoms with van der Waals surface area (Å²) in [6.07, 6.45) is 8.22. The van der Waals surface area contributed by atoms with Gasteiger partial charge < -0.3 is 5.32 Å². The molecule has 3 nitrogen and oxygen atoms in total. The molecule has 0 bridgehead atoms. The smallest absolute Gasteiger partial charge is 0.137 e. The number of halogens is 1. The van der Waals surface area contributed by atoms with Crippen LogP contribution in [0.15, 0.2) is 0 Å². The van der Waals surface area contributed by atoms with Crippen LogP contribution in [0, 0.1) is 19.3 Å². The molecule has 2 rings (SSSR count). The molecular formula is C12H14ClN3. The molecule has 1 aromatic heterocycles. The average Bonchev–Trinajstić information content (AvgIpc) is 3.08. The molecule has 1 N–H and O–H groups in total. The van der Waals surface area contributed by atoms with Crippen molar-refractivity contribution < 1.29 is 0 Å². The molecule has 0 spiro atoms. The lowest BCUT2D eigenvalue weighted by atomic mass is 10.3. The Morgan fingerprint density at radius 1 is 1.50 bits per heavy atom. The molecule has 0 saturated heterocycles. The molecule has 0 aliphatic heterocycles. The lowest BCUT2D eigenvalue weighted by molar-refractivity contribution is 0.911. The van der Waals surface area contributed by atoms with Crippen LogP contribution >= 0.6 is 11.6 Å². The van der Waals surface area contributed by atoms with Gasteiger partial charge in [-0.15, -0.1) is 12.3 Å². The zero-order valence-electron chi connectivity index (χ0n) is 9.26. The van der Waals surface area contributed by atoms with Crippen molar-refractivity contribution >= 4 is 17.4 Å². The van der Waals surface area contributed by atoms with Gasteiger partial charge in [0.15, 0.2) is 0 Å². The van der Waals surface area contributed by atoms with Gasteiger partial charge in [-0.2, -0.15) is 0 Å². The van der Waals surface area contributed by atoms with Crippen molar-refractivity contribution in [3.63, 3.8) is 0 Å². The molecule has 16 heavy (non-hydrogen) atoms. The van der Waals surface area contributed by atoms with Crippen LogP contribution < -0.4 is 5.32 Å². The molecule has 1 aromatic rings. The predicted molar refractivity (Wildman–Crippen MR) is 65.7 cm³/mol. The number of nitrogens with zero attached hydrogens (tertiary/aromatic N) is 2. The maximum absolute atomic E-state index is 6.07. The van der Waals surface area contributed by atoms with Gasteiger partial charge in [-0.05, 0) is 19.8 Å². The number of aromatic nitrogens is 2. The van der Waals surface area contributed by atoms with Crippen LogP contribution in [0.3, 0.4) is 0 Å². The van der Waals surface area contributed by atoms with Crippen LogP contribution in [0.4, 0.5) is 5.82 Å². The number of hydrogen-bond donors (Lipinski definition) is 1. The molecule has 84 valence electrons. The zero-order valence-corrected chi connectivity index (χ0v) is 10.0. The first-order valence-corrected chi connectivity index (χ1v) is 5.81. The lowest BCUT2D eigenvalue weighted by Crippen LogP contribution is -2.07. The van der Waals surface area contributed by atoms with E-state index in [4.69, 9.17) is 18.0 Å². The second kappa shape index (κ2) is 4.71. The van der Waals surface area contributed by atoms with Gasteiger partial charge >= 0.3 is 0 Å². The van der Waals surface area contributed by atoms with E-state index in [1.54, 1.807) is 0 Å². The largest absolute Gasteiger partial charge is 0.369 e. The summed E-state index contributed by atoms with van der Waals surface area (Å²) in [4.78, 5) is 8.79. The first-order valence-electron chi connectivity index (χ1n) is 5.43. The van der Waals surface area contributed by atoms with Gasteiger partial charge in [0.2, 0.25) is 0 Å². The van der Waals surface area contributed by atoms with Gasteiger partial charge in [-0.1, -0.05) is 11.6 Å². The third-order valence-corrected chi connectivity index (χ3v) is 2.98. The minimum atomic E-state index is 0.506. The molecule has 0 unspecified atom stereocenters. The zero-order chi connectivity index (χ0) is 11.5. The van der Waals surface area contributed by atoms with Gasteiger partial charge in [0.1, 0.15) is 16.8 Å². The third kappa shape index (κ3) is 2.45. The van der Waals surface area contributed by atoms with Crippen LogP contribution in [0.5, 0.6) is 0 Å². The van der Waals surface area contributed by atoms with E-state index in [0.717, 1.165) is 23.8 Å². The number of anilines is 1. The van der Waals surface area contributed by atoms with Crippen LogP contribution in [0.1, 0.15) is 36.6 Å². The monoisotopic (exact) mass is 235 g/mol. The number of nitrogens with one attached hydrogen (secondary N) is 1. The molecule has 1 saturated carbocycles. The summed E-state index contributed by atoms with van der Waals surface area (Å²) in [5.74, 6) is 4.77. The fraction of sp³-hybridized carbons (Fsp3) is 0.500. The second-order valence-electron chi connectivity index (χ2n) is 4.00. The number of hydrogen-bond acceptors (Lipinski definition) is 3. The van der Waals surface area contributed by atoms with E-state index in [1.807, 2.05) is 6.92 Å². The first kappa shape index (κ1) is 11.2. The summed E-state index contributed by atoms with van der Waals surface area (Å²) in [6.45, 7) is 2.63. The van der Waals surface area contributed by atoms with Crippen molar-refractivity contribution in [1.82, 2.24) is 9.97 Å². The quantitative estimate of drug-likeness (QED) is 0.496.